The molecule has 2 nitrogen and oxygen atoms in total. The topological polar surface area (TPSA) is 36.1 Å². The van der Waals surface area contributed by atoms with Gasteiger partial charge in [0.1, 0.15) is 11.0 Å². The van der Waals surface area contributed by atoms with Gasteiger partial charge in [-0.25, -0.2) is 0 Å². The summed E-state index contributed by atoms with van der Waals surface area (Å²) in [6.07, 6.45) is 0. The lowest BCUT2D eigenvalue weighted by Crippen LogP contribution is -2.08. The number of hydrogen-bond donors (Lipinski definition) is 0. The number of halogens is 5. The van der Waals surface area contributed by atoms with Crippen LogP contribution in [0.3, 0.4) is 0 Å². The number of hydrogen-bond acceptors (Lipinski definition) is 3. The Balaban J connectivity index is 3.70. The largest absolute Gasteiger partial charge is 0.311 e. The Kier molecular flexibility index (Phi) is 2.31. The molecule has 0 bridgehead atoms. The van der Waals surface area contributed by atoms with Gasteiger partial charge in [0, 0.05) is 12.4 Å². The zero-order chi connectivity index (χ0) is 12.7. The molecule has 9 heteroatoms. The maximum atomic E-state index is 12.5. The maximum absolute atomic E-state index is 12.5. The van der Waals surface area contributed by atoms with Crippen LogP contribution in [0.2, 0.25) is 0 Å². The van der Waals surface area contributed by atoms with Gasteiger partial charge in [0.15, 0.2) is 0 Å². The molecule has 0 radical (unpaired) electrons. The van der Waals surface area contributed by atoms with Crippen molar-refractivity contribution in [2.45, 2.75) is 4.90 Å². The molecule has 0 aliphatic heterocycles. The summed E-state index contributed by atoms with van der Waals surface area (Å²) in [6, 6.07) is 2.70. The van der Waals surface area contributed by atoms with E-state index in [0.717, 1.165) is 12.1 Å². The first kappa shape index (κ1) is 12.8. The summed E-state index contributed by atoms with van der Waals surface area (Å²) in [6.45, 7) is 0. The molecule has 0 aliphatic carbocycles. The second-order valence-corrected chi connectivity index (χ2v) is 5.41. The van der Waals surface area contributed by atoms with Crippen molar-refractivity contribution < 1.29 is 19.4 Å². The van der Waals surface area contributed by atoms with Crippen LogP contribution < -0.4 is 0 Å². The standard InChI is InChI=1S/C7H3F5N2S2/c8-16(9,10,11,12)7-3-6(14-15)2-1-5(7)4-13/h1-3H. The average molecular weight is 274 g/mol. The second-order valence-electron chi connectivity index (χ2n) is 2.85. The van der Waals surface area contributed by atoms with E-state index in [-0.39, 0.29) is 6.07 Å². The highest BCUT2D eigenvalue weighted by Crippen LogP contribution is 3.02. The molecule has 0 aliphatic rings. The van der Waals surface area contributed by atoms with E-state index >= 15 is 0 Å². The van der Waals surface area contributed by atoms with E-state index < -0.39 is 26.4 Å². The van der Waals surface area contributed by atoms with Gasteiger partial charge in [-0.3, -0.25) is 0 Å². The fraction of sp³-hybridized carbons (Fsp3) is 0. The predicted octanol–water partition coefficient (Wildman–Crippen LogP) is 4.58. The highest BCUT2D eigenvalue weighted by atomic mass is 32.5. The summed E-state index contributed by atoms with van der Waals surface area (Å²) in [5.41, 5.74) is -1.60. The van der Waals surface area contributed by atoms with Crippen molar-refractivity contribution in [3.63, 3.8) is 0 Å². The van der Waals surface area contributed by atoms with Crippen LogP contribution in [0.5, 0.6) is 0 Å². The molecule has 0 heterocycles. The third-order valence-corrected chi connectivity index (χ3v) is 2.99. The zero-order valence-electron chi connectivity index (χ0n) is 7.33. The fourth-order valence-electron chi connectivity index (χ4n) is 0.979. The van der Waals surface area contributed by atoms with Gasteiger partial charge in [0.05, 0.1) is 11.3 Å². The van der Waals surface area contributed by atoms with Crippen molar-refractivity contribution in [3.05, 3.63) is 23.8 Å². The number of rotatable bonds is 2. The molecule has 0 saturated carbocycles. The van der Waals surface area contributed by atoms with Crippen molar-refractivity contribution >= 4 is 28.3 Å². The fourth-order valence-corrected chi connectivity index (χ4v) is 1.97. The number of nitrogens with zero attached hydrogens (tertiary/aromatic N) is 2. The Morgan fingerprint density at radius 2 is 1.75 bits per heavy atom. The Morgan fingerprint density at radius 1 is 1.19 bits per heavy atom. The van der Waals surface area contributed by atoms with Crippen LogP contribution in [-0.2, 0) is 12.4 Å². The van der Waals surface area contributed by atoms with Crippen molar-refractivity contribution in [2.24, 2.45) is 4.36 Å². The van der Waals surface area contributed by atoms with Crippen molar-refractivity contribution in [1.29, 1.82) is 5.26 Å². The van der Waals surface area contributed by atoms with Crippen molar-refractivity contribution in [2.75, 3.05) is 0 Å². The molecule has 0 saturated heterocycles. The van der Waals surface area contributed by atoms with Crippen LogP contribution in [0, 0.1) is 11.3 Å². The summed E-state index contributed by atoms with van der Waals surface area (Å²) in [5.74, 6) is 0. The molecule has 0 fully saturated rings. The van der Waals surface area contributed by atoms with Gasteiger partial charge in [-0.05, 0) is 18.2 Å². The number of benzene rings is 1. The quantitative estimate of drug-likeness (QED) is 0.740. The SMILES string of the molecule is N#Cc1ccc(N=S)cc1S(F)(F)(F)(F)F. The van der Waals surface area contributed by atoms with Crippen molar-refractivity contribution in [1.82, 2.24) is 0 Å². The van der Waals surface area contributed by atoms with Gasteiger partial charge in [0.25, 0.3) is 0 Å². The van der Waals surface area contributed by atoms with Crippen LogP contribution in [0.15, 0.2) is 27.5 Å². The van der Waals surface area contributed by atoms with Crippen LogP contribution >= 0.6 is 10.2 Å². The molecular weight excluding hydrogens is 271 g/mol. The summed E-state index contributed by atoms with van der Waals surface area (Å²) >= 11 is 4.10. The normalized spacial score (nSPS) is 15.8. The molecule has 0 spiro atoms. The Labute approximate surface area is 92.6 Å². The lowest BCUT2D eigenvalue weighted by molar-refractivity contribution is 0.363. The third kappa shape index (κ3) is 2.65. The summed E-state index contributed by atoms with van der Waals surface area (Å²) in [7, 11) is -9.88. The van der Waals surface area contributed by atoms with E-state index in [2.05, 4.69) is 16.8 Å². The minimum atomic E-state index is -9.88. The smallest absolute Gasteiger partial charge is 0.192 e. The van der Waals surface area contributed by atoms with Gasteiger partial charge in [-0.1, -0.05) is 19.4 Å². The van der Waals surface area contributed by atoms with E-state index in [1.54, 1.807) is 0 Å². The van der Waals surface area contributed by atoms with Crippen molar-refractivity contribution in [3.8, 4) is 6.07 Å². The van der Waals surface area contributed by atoms with Crippen LogP contribution in [0.4, 0.5) is 25.1 Å². The lowest BCUT2D eigenvalue weighted by atomic mass is 10.2. The predicted molar refractivity (Wildman–Crippen MR) is 52.0 cm³/mol. The van der Waals surface area contributed by atoms with Gasteiger partial charge in [-0.2, -0.15) is 9.62 Å². The minimum absolute atomic E-state index is 0.0765. The highest BCUT2D eigenvalue weighted by molar-refractivity contribution is 8.45. The van der Waals surface area contributed by atoms with E-state index in [4.69, 9.17) is 5.26 Å². The molecule has 0 amide bonds. The molecule has 1 aromatic rings. The van der Waals surface area contributed by atoms with Gasteiger partial charge >= 0.3 is 10.2 Å². The van der Waals surface area contributed by atoms with E-state index in [9.17, 15) is 19.4 Å². The van der Waals surface area contributed by atoms with E-state index in [1.807, 2.05) is 0 Å². The molecule has 16 heavy (non-hydrogen) atoms. The summed E-state index contributed by atoms with van der Waals surface area (Å²) < 4.78 is 65.4. The molecule has 1 rings (SSSR count). The van der Waals surface area contributed by atoms with E-state index in [1.165, 1.54) is 0 Å². The first-order valence-corrected chi connectivity index (χ1v) is 5.91. The molecule has 1 aromatic carbocycles. The van der Waals surface area contributed by atoms with Gasteiger partial charge in [-0.15, -0.1) is 0 Å². The second kappa shape index (κ2) is 2.89. The molecular formula is C7H3F5N2S2. The van der Waals surface area contributed by atoms with Gasteiger partial charge < -0.3 is 0 Å². The minimum Gasteiger partial charge on any atom is -0.192 e. The lowest BCUT2D eigenvalue weighted by Gasteiger charge is -2.40. The van der Waals surface area contributed by atoms with Gasteiger partial charge in [0.2, 0.25) is 0 Å². The Bertz CT molecular complexity index is 501. The van der Waals surface area contributed by atoms with Crippen LogP contribution in [0.25, 0.3) is 0 Å². The maximum Gasteiger partial charge on any atom is 0.311 e. The van der Waals surface area contributed by atoms with Crippen LogP contribution in [0.1, 0.15) is 5.56 Å². The molecule has 0 aromatic heterocycles. The molecule has 0 N–H and O–H groups in total. The monoisotopic (exact) mass is 274 g/mol. The first-order chi connectivity index (χ1) is 6.97. The molecule has 0 unspecified atom stereocenters. The third-order valence-electron chi connectivity index (χ3n) is 1.61. The molecule has 0 atom stereocenters. The molecule has 88 valence electrons. The summed E-state index contributed by atoms with van der Waals surface area (Å²) in [4.78, 5) is -2.26. The number of nitriles is 1. The first-order valence-electron chi connectivity index (χ1n) is 3.59. The zero-order valence-corrected chi connectivity index (χ0v) is 8.97. The Hall–Kier alpha value is -1.27. The van der Waals surface area contributed by atoms with Crippen LogP contribution in [-0.4, -0.2) is 0 Å². The Morgan fingerprint density at radius 3 is 2.12 bits per heavy atom. The van der Waals surface area contributed by atoms with E-state index in [0.29, 0.717) is 6.07 Å². The summed E-state index contributed by atoms with van der Waals surface area (Å²) in [5, 5.41) is 8.35. The average Bonchev–Trinajstić information content (AvgIpc) is 2.13. The highest BCUT2D eigenvalue weighted by Gasteiger charge is 2.66.